The molecule has 76 valence electrons. The molecule has 0 aliphatic heterocycles. The Hall–Kier alpha value is -0.0800. The van der Waals surface area contributed by atoms with Crippen LogP contribution in [0.2, 0.25) is 0 Å². The summed E-state index contributed by atoms with van der Waals surface area (Å²) in [4.78, 5) is 0. The molecule has 2 N–H and O–H groups in total. The van der Waals surface area contributed by atoms with E-state index in [2.05, 4.69) is 0 Å². The molecule has 13 heavy (non-hydrogen) atoms. The van der Waals surface area contributed by atoms with Crippen LogP contribution < -0.4 is 0 Å². The molecule has 0 aromatic rings. The summed E-state index contributed by atoms with van der Waals surface area (Å²) in [6.45, 7) is 3.71. The van der Waals surface area contributed by atoms with E-state index in [4.69, 9.17) is 0 Å². The average Bonchev–Trinajstić information content (AvgIpc) is 2.41. The molecule has 0 radical (unpaired) electrons. The Morgan fingerprint density at radius 2 is 2.08 bits per heavy atom. The van der Waals surface area contributed by atoms with Crippen molar-refractivity contribution in [3.8, 4) is 0 Å². The molecule has 2 saturated carbocycles. The minimum atomic E-state index is -0.621. The average molecular weight is 184 g/mol. The van der Waals surface area contributed by atoms with Gasteiger partial charge in [-0.3, -0.25) is 0 Å². The predicted octanol–water partition coefficient (Wildman–Crippen LogP) is 1.55. The first kappa shape index (κ1) is 9.47. The molecule has 0 saturated heterocycles. The van der Waals surface area contributed by atoms with Crippen molar-refractivity contribution in [3.05, 3.63) is 0 Å². The first-order valence-electron chi connectivity index (χ1n) is 5.43. The van der Waals surface area contributed by atoms with Gasteiger partial charge in [0.15, 0.2) is 0 Å². The summed E-state index contributed by atoms with van der Waals surface area (Å²) >= 11 is 0. The number of fused-ring (bicyclic) bond motifs is 1. The van der Waals surface area contributed by atoms with Gasteiger partial charge in [0.2, 0.25) is 0 Å². The zero-order chi connectivity index (χ0) is 9.64. The molecule has 5 atom stereocenters. The zero-order valence-corrected chi connectivity index (χ0v) is 8.53. The van der Waals surface area contributed by atoms with E-state index in [1.807, 2.05) is 13.8 Å². The molecule has 5 unspecified atom stereocenters. The topological polar surface area (TPSA) is 40.5 Å². The second kappa shape index (κ2) is 2.96. The lowest BCUT2D eigenvalue weighted by molar-refractivity contribution is -0.0470. The minimum Gasteiger partial charge on any atom is -0.393 e. The van der Waals surface area contributed by atoms with Crippen LogP contribution in [0.1, 0.15) is 39.5 Å². The molecule has 2 heteroatoms. The Balaban J connectivity index is 2.20. The van der Waals surface area contributed by atoms with E-state index in [1.165, 1.54) is 19.3 Å². The maximum atomic E-state index is 10.2. The SMILES string of the molecule is CC(O)C1C2CCCC2CC1(C)O. The third-order valence-corrected chi connectivity index (χ3v) is 4.09. The Morgan fingerprint density at radius 1 is 1.38 bits per heavy atom. The molecule has 0 heterocycles. The predicted molar refractivity (Wildman–Crippen MR) is 51.2 cm³/mol. The lowest BCUT2D eigenvalue weighted by Crippen LogP contribution is -2.38. The van der Waals surface area contributed by atoms with Crippen molar-refractivity contribution < 1.29 is 10.2 Å². The Bertz CT molecular complexity index is 198. The molecule has 2 fully saturated rings. The van der Waals surface area contributed by atoms with Gasteiger partial charge in [0, 0.05) is 5.92 Å². The standard InChI is InChI=1S/C11H20O2/c1-7(12)10-9-5-3-4-8(9)6-11(10,2)13/h7-10,12-13H,3-6H2,1-2H3. The van der Waals surface area contributed by atoms with Crippen LogP contribution in [0, 0.1) is 17.8 Å². The van der Waals surface area contributed by atoms with Crippen LogP contribution in [0.3, 0.4) is 0 Å². The van der Waals surface area contributed by atoms with Gasteiger partial charge in [0.25, 0.3) is 0 Å². The summed E-state index contributed by atoms with van der Waals surface area (Å²) in [5, 5.41) is 19.8. The highest BCUT2D eigenvalue weighted by Gasteiger charge is 2.52. The van der Waals surface area contributed by atoms with Gasteiger partial charge >= 0.3 is 0 Å². The van der Waals surface area contributed by atoms with Gasteiger partial charge in [0.05, 0.1) is 11.7 Å². The van der Waals surface area contributed by atoms with Crippen LogP contribution in [0.15, 0.2) is 0 Å². The van der Waals surface area contributed by atoms with E-state index in [-0.39, 0.29) is 12.0 Å². The van der Waals surface area contributed by atoms with Crippen LogP contribution >= 0.6 is 0 Å². The van der Waals surface area contributed by atoms with Crippen molar-refractivity contribution in [2.24, 2.45) is 17.8 Å². The highest BCUT2D eigenvalue weighted by atomic mass is 16.3. The number of hydrogen-bond acceptors (Lipinski definition) is 2. The van der Waals surface area contributed by atoms with Crippen molar-refractivity contribution in [2.75, 3.05) is 0 Å². The molecule has 0 amide bonds. The Morgan fingerprint density at radius 3 is 2.69 bits per heavy atom. The van der Waals surface area contributed by atoms with E-state index < -0.39 is 5.60 Å². The second-order valence-electron chi connectivity index (χ2n) is 5.18. The summed E-state index contributed by atoms with van der Waals surface area (Å²) < 4.78 is 0. The first-order valence-corrected chi connectivity index (χ1v) is 5.43. The fraction of sp³-hybridized carbons (Fsp3) is 1.00. The second-order valence-corrected chi connectivity index (χ2v) is 5.18. The first-order chi connectivity index (χ1) is 6.02. The third-order valence-electron chi connectivity index (χ3n) is 4.09. The van der Waals surface area contributed by atoms with Gasteiger partial charge in [-0.05, 0) is 38.5 Å². The molecular formula is C11H20O2. The number of aliphatic hydroxyl groups is 2. The normalized spacial score (nSPS) is 52.2. The maximum absolute atomic E-state index is 10.2. The highest BCUT2D eigenvalue weighted by molar-refractivity contribution is 5.02. The van der Waals surface area contributed by atoms with Crippen LogP contribution in [0.25, 0.3) is 0 Å². The number of aliphatic hydroxyl groups excluding tert-OH is 1. The maximum Gasteiger partial charge on any atom is 0.0677 e. The molecular weight excluding hydrogens is 164 g/mol. The van der Waals surface area contributed by atoms with Gasteiger partial charge < -0.3 is 10.2 Å². The van der Waals surface area contributed by atoms with Crippen LogP contribution in [0.5, 0.6) is 0 Å². The van der Waals surface area contributed by atoms with Crippen molar-refractivity contribution in [3.63, 3.8) is 0 Å². The smallest absolute Gasteiger partial charge is 0.0677 e. The van der Waals surface area contributed by atoms with Gasteiger partial charge in [-0.25, -0.2) is 0 Å². The zero-order valence-electron chi connectivity index (χ0n) is 8.53. The van der Waals surface area contributed by atoms with E-state index in [9.17, 15) is 10.2 Å². The summed E-state index contributed by atoms with van der Waals surface area (Å²) in [5.74, 6) is 1.37. The molecule has 2 rings (SSSR count). The van der Waals surface area contributed by atoms with Crippen LogP contribution in [-0.4, -0.2) is 21.9 Å². The van der Waals surface area contributed by atoms with Gasteiger partial charge in [-0.1, -0.05) is 12.8 Å². The fourth-order valence-electron chi connectivity index (χ4n) is 3.80. The van der Waals surface area contributed by atoms with E-state index in [0.717, 1.165) is 6.42 Å². The third kappa shape index (κ3) is 1.40. The molecule has 2 aliphatic rings. The molecule has 0 aromatic heterocycles. The van der Waals surface area contributed by atoms with Crippen LogP contribution in [0.4, 0.5) is 0 Å². The summed E-state index contributed by atoms with van der Waals surface area (Å²) in [7, 11) is 0. The monoisotopic (exact) mass is 184 g/mol. The van der Waals surface area contributed by atoms with Crippen molar-refractivity contribution >= 4 is 0 Å². The lowest BCUT2D eigenvalue weighted by atomic mass is 9.82. The van der Waals surface area contributed by atoms with Gasteiger partial charge in [0.1, 0.15) is 0 Å². The van der Waals surface area contributed by atoms with Crippen molar-refractivity contribution in [1.82, 2.24) is 0 Å². The highest BCUT2D eigenvalue weighted by Crippen LogP contribution is 2.53. The molecule has 0 aromatic carbocycles. The van der Waals surface area contributed by atoms with Gasteiger partial charge in [-0.15, -0.1) is 0 Å². The molecule has 0 spiro atoms. The van der Waals surface area contributed by atoms with Gasteiger partial charge in [-0.2, -0.15) is 0 Å². The quantitative estimate of drug-likeness (QED) is 0.649. The van der Waals surface area contributed by atoms with Crippen molar-refractivity contribution in [2.45, 2.75) is 51.2 Å². The number of rotatable bonds is 1. The van der Waals surface area contributed by atoms with E-state index >= 15 is 0 Å². The Kier molecular flexibility index (Phi) is 2.16. The van der Waals surface area contributed by atoms with Crippen molar-refractivity contribution in [1.29, 1.82) is 0 Å². The largest absolute Gasteiger partial charge is 0.393 e. The summed E-state index contributed by atoms with van der Waals surface area (Å²) in [6.07, 6.45) is 4.28. The fourth-order valence-corrected chi connectivity index (χ4v) is 3.80. The molecule has 2 aliphatic carbocycles. The summed E-state index contributed by atoms with van der Waals surface area (Å²) in [6, 6.07) is 0. The molecule has 0 bridgehead atoms. The summed E-state index contributed by atoms with van der Waals surface area (Å²) in [5.41, 5.74) is -0.621. The lowest BCUT2D eigenvalue weighted by Gasteiger charge is -2.31. The molecule has 2 nitrogen and oxygen atoms in total. The minimum absolute atomic E-state index is 0.111. The van der Waals surface area contributed by atoms with Crippen LogP contribution in [-0.2, 0) is 0 Å². The Labute approximate surface area is 80.0 Å². The van der Waals surface area contributed by atoms with E-state index in [1.54, 1.807) is 0 Å². The van der Waals surface area contributed by atoms with E-state index in [0.29, 0.717) is 11.8 Å². The number of hydrogen-bond donors (Lipinski definition) is 2.